The lowest BCUT2D eigenvalue weighted by Gasteiger charge is -2.14. The van der Waals surface area contributed by atoms with Gasteiger partial charge in [0.15, 0.2) is 5.82 Å². The van der Waals surface area contributed by atoms with Crippen molar-refractivity contribution >= 4 is 0 Å². The van der Waals surface area contributed by atoms with Gasteiger partial charge in [0.25, 0.3) is 0 Å². The molecule has 1 heterocycles. The molecule has 0 spiro atoms. The molecule has 4 nitrogen and oxygen atoms in total. The van der Waals surface area contributed by atoms with Gasteiger partial charge in [-0.3, -0.25) is 0 Å². The van der Waals surface area contributed by atoms with Crippen LogP contribution in [0, 0.1) is 5.92 Å². The summed E-state index contributed by atoms with van der Waals surface area (Å²) >= 11 is 0. The van der Waals surface area contributed by atoms with Crippen molar-refractivity contribution in [3.05, 3.63) is 23.8 Å². The van der Waals surface area contributed by atoms with Crippen molar-refractivity contribution in [3.8, 4) is 0 Å². The molecule has 1 N–H and O–H groups in total. The van der Waals surface area contributed by atoms with Crippen LogP contribution in [0.3, 0.4) is 0 Å². The van der Waals surface area contributed by atoms with Crippen LogP contribution in [0.4, 0.5) is 0 Å². The van der Waals surface area contributed by atoms with Gasteiger partial charge in [0, 0.05) is 24.6 Å². The highest BCUT2D eigenvalue weighted by Crippen LogP contribution is 2.41. The first kappa shape index (κ1) is 10.5. The number of aliphatic hydroxyl groups is 1. The number of nitrogens with zero attached hydrogens (tertiary/aromatic N) is 2. The summed E-state index contributed by atoms with van der Waals surface area (Å²) in [5.74, 6) is 1.33. The zero-order valence-corrected chi connectivity index (χ0v) is 8.89. The predicted molar refractivity (Wildman–Crippen MR) is 55.0 cm³/mol. The van der Waals surface area contributed by atoms with Crippen molar-refractivity contribution in [2.24, 2.45) is 5.92 Å². The normalized spacial score (nSPS) is 17.7. The summed E-state index contributed by atoms with van der Waals surface area (Å²) in [4.78, 5) is 8.47. The molecule has 0 radical (unpaired) electrons. The van der Waals surface area contributed by atoms with Crippen LogP contribution < -0.4 is 0 Å². The van der Waals surface area contributed by atoms with Crippen molar-refractivity contribution in [3.63, 3.8) is 0 Å². The van der Waals surface area contributed by atoms with Crippen LogP contribution in [0.15, 0.2) is 12.4 Å². The quantitative estimate of drug-likeness (QED) is 0.795. The fourth-order valence-electron chi connectivity index (χ4n) is 1.59. The topological polar surface area (TPSA) is 55.2 Å². The monoisotopic (exact) mass is 208 g/mol. The molecule has 4 heteroatoms. The molecule has 1 aromatic heterocycles. The van der Waals surface area contributed by atoms with Gasteiger partial charge < -0.3 is 9.84 Å². The summed E-state index contributed by atoms with van der Waals surface area (Å²) in [6.45, 7) is 2.66. The largest absolute Gasteiger partial charge is 0.392 e. The van der Waals surface area contributed by atoms with Gasteiger partial charge in [-0.15, -0.1) is 0 Å². The van der Waals surface area contributed by atoms with Gasteiger partial charge in [0.2, 0.25) is 0 Å². The number of ether oxygens (including phenoxy) is 1. The van der Waals surface area contributed by atoms with Crippen molar-refractivity contribution in [1.29, 1.82) is 0 Å². The van der Waals surface area contributed by atoms with Crippen LogP contribution in [0.5, 0.6) is 0 Å². The minimum absolute atomic E-state index is 0.0109. The first-order valence-corrected chi connectivity index (χ1v) is 5.38. The Morgan fingerprint density at radius 2 is 2.13 bits per heavy atom. The summed E-state index contributed by atoms with van der Waals surface area (Å²) in [7, 11) is 0. The molecular weight excluding hydrogens is 192 g/mol. The van der Waals surface area contributed by atoms with Gasteiger partial charge in [-0.1, -0.05) is 0 Å². The highest BCUT2D eigenvalue weighted by Gasteiger charge is 2.34. The van der Waals surface area contributed by atoms with Crippen molar-refractivity contribution in [2.45, 2.75) is 32.5 Å². The van der Waals surface area contributed by atoms with Gasteiger partial charge in [-0.2, -0.15) is 0 Å². The zero-order chi connectivity index (χ0) is 10.7. The number of hydrogen-bond acceptors (Lipinski definition) is 4. The second-order valence-electron chi connectivity index (χ2n) is 3.82. The van der Waals surface area contributed by atoms with Crippen LogP contribution in [-0.4, -0.2) is 21.7 Å². The first-order chi connectivity index (χ1) is 7.35. The molecule has 0 aromatic carbocycles. The van der Waals surface area contributed by atoms with E-state index in [1.165, 1.54) is 12.8 Å². The maximum Gasteiger partial charge on any atom is 0.157 e. The Labute approximate surface area is 89.3 Å². The van der Waals surface area contributed by atoms with Gasteiger partial charge in [-0.05, 0) is 25.7 Å². The van der Waals surface area contributed by atoms with Crippen LogP contribution in [0.2, 0.25) is 0 Å². The fraction of sp³-hybridized carbons (Fsp3) is 0.636. The van der Waals surface area contributed by atoms with E-state index in [4.69, 9.17) is 9.84 Å². The second kappa shape index (κ2) is 4.68. The lowest BCUT2D eigenvalue weighted by atomic mass is 10.2. The van der Waals surface area contributed by atoms with Crippen molar-refractivity contribution in [2.75, 3.05) is 6.61 Å². The number of aliphatic hydroxyl groups excluding tert-OH is 1. The van der Waals surface area contributed by atoms with Crippen LogP contribution in [0.1, 0.15) is 37.3 Å². The zero-order valence-electron chi connectivity index (χ0n) is 8.89. The molecule has 0 bridgehead atoms. The maximum absolute atomic E-state index is 8.88. The molecule has 1 aromatic rings. The molecule has 82 valence electrons. The first-order valence-electron chi connectivity index (χ1n) is 5.38. The van der Waals surface area contributed by atoms with E-state index < -0.39 is 0 Å². The summed E-state index contributed by atoms with van der Waals surface area (Å²) in [6.07, 6.45) is 5.78. The Morgan fingerprint density at radius 3 is 2.60 bits per heavy atom. The minimum Gasteiger partial charge on any atom is -0.392 e. The van der Waals surface area contributed by atoms with Gasteiger partial charge in [-0.25, -0.2) is 9.97 Å². The molecular formula is C11H16N2O2. The number of aromatic nitrogens is 2. The van der Waals surface area contributed by atoms with E-state index in [9.17, 15) is 0 Å². The van der Waals surface area contributed by atoms with E-state index in [0.29, 0.717) is 12.5 Å². The molecule has 1 aliphatic carbocycles. The van der Waals surface area contributed by atoms with E-state index in [1.54, 1.807) is 12.4 Å². The van der Waals surface area contributed by atoms with Crippen LogP contribution in [0.25, 0.3) is 0 Å². The minimum atomic E-state index is -0.0109. The van der Waals surface area contributed by atoms with Gasteiger partial charge >= 0.3 is 0 Å². The lowest BCUT2D eigenvalue weighted by Crippen LogP contribution is -2.11. The third kappa shape index (κ3) is 2.52. The van der Waals surface area contributed by atoms with Crippen molar-refractivity contribution in [1.82, 2.24) is 9.97 Å². The molecule has 0 aliphatic heterocycles. The summed E-state index contributed by atoms with van der Waals surface area (Å²) in [5, 5.41) is 8.88. The average Bonchev–Trinajstić information content (AvgIpc) is 3.10. The number of rotatable bonds is 5. The van der Waals surface area contributed by atoms with E-state index in [2.05, 4.69) is 9.97 Å². The molecule has 2 rings (SSSR count). The molecule has 1 unspecified atom stereocenters. The maximum atomic E-state index is 8.88. The molecule has 0 saturated heterocycles. The Hall–Kier alpha value is -1.00. The van der Waals surface area contributed by atoms with Crippen molar-refractivity contribution < 1.29 is 9.84 Å². The SMILES string of the molecule is CCOC(c1ncc(CO)cn1)C1CC1. The van der Waals surface area contributed by atoms with Crippen LogP contribution >= 0.6 is 0 Å². The molecule has 1 saturated carbocycles. The Kier molecular flexibility index (Phi) is 3.28. The highest BCUT2D eigenvalue weighted by atomic mass is 16.5. The Bertz CT molecular complexity index is 309. The van der Waals surface area contributed by atoms with Gasteiger partial charge in [0.1, 0.15) is 6.10 Å². The molecule has 1 aliphatic rings. The summed E-state index contributed by atoms with van der Waals surface area (Å²) in [6, 6.07) is 0. The third-order valence-corrected chi connectivity index (χ3v) is 2.56. The van der Waals surface area contributed by atoms with E-state index in [0.717, 1.165) is 11.4 Å². The standard InChI is InChI=1S/C11H16N2O2/c1-2-15-10(9-3-4-9)11-12-5-8(7-14)6-13-11/h5-6,9-10,14H,2-4,7H2,1H3. The third-order valence-electron chi connectivity index (χ3n) is 2.56. The lowest BCUT2D eigenvalue weighted by molar-refractivity contribution is 0.0399. The molecule has 1 fully saturated rings. The average molecular weight is 208 g/mol. The summed E-state index contributed by atoms with van der Waals surface area (Å²) in [5.41, 5.74) is 0.741. The van der Waals surface area contributed by atoms with Crippen LogP contribution in [-0.2, 0) is 11.3 Å². The Morgan fingerprint density at radius 1 is 1.47 bits per heavy atom. The van der Waals surface area contributed by atoms with E-state index >= 15 is 0 Å². The van der Waals surface area contributed by atoms with Gasteiger partial charge in [0.05, 0.1) is 6.61 Å². The highest BCUT2D eigenvalue weighted by molar-refractivity contribution is 5.06. The fourth-order valence-corrected chi connectivity index (χ4v) is 1.59. The molecule has 0 amide bonds. The second-order valence-corrected chi connectivity index (χ2v) is 3.82. The smallest absolute Gasteiger partial charge is 0.157 e. The Balaban J connectivity index is 2.10. The number of hydrogen-bond donors (Lipinski definition) is 1. The predicted octanol–water partition coefficient (Wildman–Crippen LogP) is 1.46. The molecule has 15 heavy (non-hydrogen) atoms. The van der Waals surface area contributed by atoms with E-state index in [1.807, 2.05) is 6.92 Å². The summed E-state index contributed by atoms with van der Waals surface area (Å²) < 4.78 is 5.64. The molecule has 1 atom stereocenters. The van der Waals surface area contributed by atoms with E-state index in [-0.39, 0.29) is 12.7 Å².